The Kier molecular flexibility index (Phi) is 5.49. The molecule has 0 spiro atoms. The van der Waals surface area contributed by atoms with E-state index >= 15 is 0 Å². The molecule has 1 aliphatic heterocycles. The summed E-state index contributed by atoms with van der Waals surface area (Å²) in [7, 11) is 0. The molecule has 0 radical (unpaired) electrons. The molecule has 0 bridgehead atoms. The molecule has 3 aromatic rings. The van der Waals surface area contributed by atoms with Crippen molar-refractivity contribution in [2.45, 2.75) is 37.6 Å². The fourth-order valence-corrected chi connectivity index (χ4v) is 4.65. The molecule has 1 fully saturated rings. The average molecular weight is 410 g/mol. The molecule has 158 valence electrons. The second-order valence-corrected chi connectivity index (χ2v) is 8.07. The van der Waals surface area contributed by atoms with Crippen molar-refractivity contribution in [2.75, 3.05) is 26.4 Å². The maximum absolute atomic E-state index is 13.4. The van der Waals surface area contributed by atoms with E-state index in [4.69, 9.17) is 14.2 Å². The maximum Gasteiger partial charge on any atom is 0.203 e. The first-order valence-corrected chi connectivity index (χ1v) is 10.8. The van der Waals surface area contributed by atoms with Crippen molar-refractivity contribution in [3.63, 3.8) is 0 Å². The van der Waals surface area contributed by atoms with Crippen LogP contribution in [-0.2, 0) is 0 Å². The van der Waals surface area contributed by atoms with Gasteiger partial charge in [-0.3, -0.25) is 0 Å². The number of para-hydroxylation sites is 1. The molecule has 2 aliphatic rings. The Balaban J connectivity index is 1.10. The Labute approximate surface area is 175 Å². The topological polar surface area (TPSA) is 55.5 Å². The first-order chi connectivity index (χ1) is 14.8. The zero-order valence-electron chi connectivity index (χ0n) is 17.0. The lowest BCUT2D eigenvalue weighted by Crippen LogP contribution is -2.35. The van der Waals surface area contributed by atoms with Gasteiger partial charge in [-0.25, -0.2) is 4.39 Å². The third kappa shape index (κ3) is 3.97. The molecular weight excluding hydrogens is 383 g/mol. The molecule has 30 heavy (non-hydrogen) atoms. The highest BCUT2D eigenvalue weighted by Crippen LogP contribution is 2.39. The maximum atomic E-state index is 13.4. The number of nitrogens with one attached hydrogen (secondary N) is 2. The number of ether oxygens (including phenoxy) is 3. The summed E-state index contributed by atoms with van der Waals surface area (Å²) in [6.45, 7) is 2.52. The lowest BCUT2D eigenvalue weighted by atomic mass is 9.81. The molecule has 5 nitrogen and oxygen atoms in total. The first-order valence-electron chi connectivity index (χ1n) is 10.8. The second kappa shape index (κ2) is 8.56. The highest BCUT2D eigenvalue weighted by Gasteiger charge is 2.24. The van der Waals surface area contributed by atoms with E-state index in [1.165, 1.54) is 5.56 Å². The average Bonchev–Trinajstić information content (AvgIpc) is 3.20. The smallest absolute Gasteiger partial charge is 0.203 e. The van der Waals surface area contributed by atoms with Crippen LogP contribution >= 0.6 is 0 Å². The lowest BCUT2D eigenvalue weighted by Gasteiger charge is -2.29. The van der Waals surface area contributed by atoms with E-state index < -0.39 is 0 Å². The van der Waals surface area contributed by atoms with Crippen LogP contribution in [0, 0.1) is 5.82 Å². The van der Waals surface area contributed by atoms with E-state index in [1.54, 1.807) is 12.1 Å². The van der Waals surface area contributed by atoms with Crippen LogP contribution in [0.2, 0.25) is 0 Å². The highest BCUT2D eigenvalue weighted by molar-refractivity contribution is 5.83. The molecule has 0 atom stereocenters. The van der Waals surface area contributed by atoms with Crippen molar-refractivity contribution in [2.24, 2.45) is 0 Å². The summed E-state index contributed by atoms with van der Waals surface area (Å²) < 4.78 is 30.6. The number of halogens is 1. The number of H-pyrrole nitrogens is 1. The molecule has 0 saturated heterocycles. The SMILES string of the molecule is Fc1ccc2c(C3CCC(NCCOc4cccc5c4OCCO5)CC3)c[nH]c2c1. The van der Waals surface area contributed by atoms with Crippen LogP contribution in [-0.4, -0.2) is 37.4 Å². The second-order valence-electron chi connectivity index (χ2n) is 8.07. The fourth-order valence-electron chi connectivity index (χ4n) is 4.65. The molecular formula is C24H27FN2O3. The van der Waals surface area contributed by atoms with Crippen LogP contribution < -0.4 is 19.5 Å². The minimum Gasteiger partial charge on any atom is -0.488 e. The summed E-state index contributed by atoms with van der Waals surface area (Å²) in [5, 5.41) is 4.78. The van der Waals surface area contributed by atoms with Crippen LogP contribution in [0.1, 0.15) is 37.2 Å². The van der Waals surface area contributed by atoms with Crippen LogP contribution in [0.25, 0.3) is 10.9 Å². The van der Waals surface area contributed by atoms with Gasteiger partial charge in [0.1, 0.15) is 25.6 Å². The van der Waals surface area contributed by atoms with Gasteiger partial charge in [0.25, 0.3) is 0 Å². The molecule has 6 heteroatoms. The van der Waals surface area contributed by atoms with Crippen molar-refractivity contribution >= 4 is 10.9 Å². The molecule has 0 unspecified atom stereocenters. The van der Waals surface area contributed by atoms with Crippen LogP contribution in [0.5, 0.6) is 17.2 Å². The first kappa shape index (κ1) is 19.2. The molecule has 2 heterocycles. The van der Waals surface area contributed by atoms with Gasteiger partial charge in [-0.2, -0.15) is 0 Å². The predicted octanol–water partition coefficient (Wildman–Crippen LogP) is 4.77. The van der Waals surface area contributed by atoms with E-state index in [1.807, 2.05) is 24.3 Å². The number of hydrogen-bond donors (Lipinski definition) is 2. The minimum absolute atomic E-state index is 0.193. The Bertz CT molecular complexity index is 1010. The number of rotatable bonds is 6. The van der Waals surface area contributed by atoms with E-state index in [0.717, 1.165) is 54.6 Å². The van der Waals surface area contributed by atoms with E-state index in [2.05, 4.69) is 16.5 Å². The predicted molar refractivity (Wildman–Crippen MR) is 114 cm³/mol. The summed E-state index contributed by atoms with van der Waals surface area (Å²) in [5.41, 5.74) is 2.21. The molecule has 2 aromatic carbocycles. The fraction of sp³-hybridized carbons (Fsp3) is 0.417. The lowest BCUT2D eigenvalue weighted by molar-refractivity contribution is 0.161. The van der Waals surface area contributed by atoms with Gasteiger partial charge in [0.05, 0.1) is 0 Å². The molecule has 1 saturated carbocycles. The van der Waals surface area contributed by atoms with Gasteiger partial charge >= 0.3 is 0 Å². The van der Waals surface area contributed by atoms with Gasteiger partial charge < -0.3 is 24.5 Å². The number of hydrogen-bond acceptors (Lipinski definition) is 4. The standard InChI is InChI=1S/C24H27FN2O3/c25-17-6-9-19-20(15-27-21(19)14-17)16-4-7-18(8-5-16)26-10-11-28-22-2-1-3-23-24(22)30-13-12-29-23/h1-3,6,9,14-16,18,26-27H,4-5,7-8,10-13H2. The van der Waals surface area contributed by atoms with Gasteiger partial charge in [0.2, 0.25) is 5.75 Å². The zero-order chi connectivity index (χ0) is 20.3. The van der Waals surface area contributed by atoms with Crippen molar-refractivity contribution < 1.29 is 18.6 Å². The van der Waals surface area contributed by atoms with E-state index in [-0.39, 0.29) is 5.82 Å². The third-order valence-electron chi connectivity index (χ3n) is 6.17. The summed E-state index contributed by atoms with van der Waals surface area (Å²) in [6.07, 6.45) is 6.61. The molecule has 5 rings (SSSR count). The number of fused-ring (bicyclic) bond motifs is 2. The molecule has 0 amide bonds. The van der Waals surface area contributed by atoms with Crippen molar-refractivity contribution in [1.29, 1.82) is 0 Å². The van der Waals surface area contributed by atoms with E-state index in [9.17, 15) is 4.39 Å². The summed E-state index contributed by atoms with van der Waals surface area (Å²) >= 11 is 0. The number of benzene rings is 2. The summed E-state index contributed by atoms with van der Waals surface area (Å²) in [4.78, 5) is 3.23. The molecule has 1 aromatic heterocycles. The monoisotopic (exact) mass is 410 g/mol. The largest absolute Gasteiger partial charge is 0.488 e. The Hall–Kier alpha value is -2.73. The van der Waals surface area contributed by atoms with Crippen molar-refractivity contribution in [3.8, 4) is 17.2 Å². The van der Waals surface area contributed by atoms with Gasteiger partial charge in [0, 0.05) is 29.7 Å². The summed E-state index contributed by atoms with van der Waals surface area (Å²) in [5.74, 6) is 2.55. The Morgan fingerprint density at radius 1 is 1.07 bits per heavy atom. The quantitative estimate of drug-likeness (QED) is 0.575. The van der Waals surface area contributed by atoms with E-state index in [0.29, 0.717) is 37.5 Å². The van der Waals surface area contributed by atoms with Crippen molar-refractivity contribution in [1.82, 2.24) is 10.3 Å². The molecule has 2 N–H and O–H groups in total. The van der Waals surface area contributed by atoms with Gasteiger partial charge in [-0.1, -0.05) is 6.07 Å². The third-order valence-corrected chi connectivity index (χ3v) is 6.17. The minimum atomic E-state index is -0.193. The van der Waals surface area contributed by atoms with Crippen LogP contribution in [0.4, 0.5) is 4.39 Å². The van der Waals surface area contributed by atoms with Crippen molar-refractivity contribution in [3.05, 3.63) is 54.0 Å². The number of aromatic amines is 1. The Morgan fingerprint density at radius 2 is 1.93 bits per heavy atom. The summed E-state index contributed by atoms with van der Waals surface area (Å²) in [6, 6.07) is 11.3. The van der Waals surface area contributed by atoms with Crippen LogP contribution in [0.3, 0.4) is 0 Å². The van der Waals surface area contributed by atoms with Crippen LogP contribution in [0.15, 0.2) is 42.6 Å². The number of aromatic nitrogens is 1. The highest BCUT2D eigenvalue weighted by atomic mass is 19.1. The Morgan fingerprint density at radius 3 is 2.83 bits per heavy atom. The normalized spacial score (nSPS) is 21.0. The van der Waals surface area contributed by atoms with Gasteiger partial charge in [-0.05, 0) is 67.5 Å². The molecule has 1 aliphatic carbocycles. The van der Waals surface area contributed by atoms with Gasteiger partial charge in [0.15, 0.2) is 11.5 Å². The zero-order valence-corrected chi connectivity index (χ0v) is 17.0. The van der Waals surface area contributed by atoms with Gasteiger partial charge in [-0.15, -0.1) is 0 Å².